The van der Waals surface area contributed by atoms with Gasteiger partial charge in [0.1, 0.15) is 11.5 Å². The molecular weight excluding hydrogens is 400 g/mol. The molecule has 0 radical (unpaired) electrons. The molecule has 3 fully saturated rings. The van der Waals surface area contributed by atoms with E-state index in [1.54, 1.807) is 0 Å². The number of piperazine rings is 1. The molecule has 0 unspecified atom stereocenters. The highest BCUT2D eigenvalue weighted by molar-refractivity contribution is 7.99. The van der Waals surface area contributed by atoms with E-state index in [9.17, 15) is 9.59 Å². The van der Waals surface area contributed by atoms with E-state index in [1.807, 2.05) is 35.0 Å². The van der Waals surface area contributed by atoms with Crippen LogP contribution < -0.4 is 10.2 Å². The summed E-state index contributed by atoms with van der Waals surface area (Å²) in [7, 11) is 0. The minimum Gasteiger partial charge on any atom is -0.368 e. The highest BCUT2D eigenvalue weighted by atomic mass is 32.2. The molecule has 0 spiro atoms. The Morgan fingerprint density at radius 2 is 1.90 bits per heavy atom. The molecule has 2 aromatic heterocycles. The molecule has 30 heavy (non-hydrogen) atoms. The lowest BCUT2D eigenvalue weighted by Gasteiger charge is -2.37. The van der Waals surface area contributed by atoms with Gasteiger partial charge in [-0.05, 0) is 18.9 Å². The highest BCUT2D eigenvalue weighted by Gasteiger charge is 2.30. The van der Waals surface area contributed by atoms with Gasteiger partial charge in [0.05, 0.1) is 12.2 Å². The number of hydrogen-bond donors (Lipinski definition) is 2. The SMILES string of the molecule is O=C(Nc1cc(N2CCN(CC(=O)N3CCSCC3)CC2)c2cc[nH]c2n1)C1CC1. The molecule has 1 aliphatic carbocycles. The number of aromatic nitrogens is 2. The maximum atomic E-state index is 12.6. The van der Waals surface area contributed by atoms with Crippen molar-refractivity contribution in [2.75, 3.05) is 67.5 Å². The molecule has 2 N–H and O–H groups in total. The molecule has 9 heteroatoms. The van der Waals surface area contributed by atoms with Gasteiger partial charge in [0.15, 0.2) is 0 Å². The van der Waals surface area contributed by atoms with E-state index in [4.69, 9.17) is 0 Å². The zero-order chi connectivity index (χ0) is 20.5. The third-order valence-corrected chi connectivity index (χ3v) is 7.08. The predicted octanol–water partition coefficient (Wildman–Crippen LogP) is 1.61. The van der Waals surface area contributed by atoms with Crippen molar-refractivity contribution in [3.05, 3.63) is 18.3 Å². The van der Waals surface area contributed by atoms with Crippen molar-refractivity contribution >= 4 is 46.1 Å². The fourth-order valence-corrected chi connectivity index (χ4v) is 5.07. The summed E-state index contributed by atoms with van der Waals surface area (Å²) in [5.74, 6) is 3.18. The number of fused-ring (bicyclic) bond motifs is 1. The van der Waals surface area contributed by atoms with Crippen LogP contribution in [0.4, 0.5) is 11.5 Å². The molecule has 160 valence electrons. The van der Waals surface area contributed by atoms with Gasteiger partial charge in [0.2, 0.25) is 11.8 Å². The van der Waals surface area contributed by atoms with Crippen molar-refractivity contribution in [3.8, 4) is 0 Å². The molecule has 3 aliphatic rings. The summed E-state index contributed by atoms with van der Waals surface area (Å²) in [5.41, 5.74) is 1.88. The van der Waals surface area contributed by atoms with Gasteiger partial charge in [-0.25, -0.2) is 4.98 Å². The summed E-state index contributed by atoms with van der Waals surface area (Å²) in [6.07, 6.45) is 3.83. The van der Waals surface area contributed by atoms with Crippen LogP contribution in [0.1, 0.15) is 12.8 Å². The Morgan fingerprint density at radius 1 is 1.13 bits per heavy atom. The second-order valence-corrected chi connectivity index (χ2v) is 9.51. The third-order valence-electron chi connectivity index (χ3n) is 6.14. The molecular formula is C21H28N6O2S. The number of carbonyl (C=O) groups is 2. The zero-order valence-electron chi connectivity index (χ0n) is 17.1. The quantitative estimate of drug-likeness (QED) is 0.753. The molecule has 2 aliphatic heterocycles. The van der Waals surface area contributed by atoms with Gasteiger partial charge in [-0.3, -0.25) is 14.5 Å². The first-order valence-electron chi connectivity index (χ1n) is 10.8. The minimum atomic E-state index is 0.0683. The Bertz CT molecular complexity index is 929. The summed E-state index contributed by atoms with van der Waals surface area (Å²) in [5, 5.41) is 4.04. The summed E-state index contributed by atoms with van der Waals surface area (Å²) in [6, 6.07) is 4.02. The van der Waals surface area contributed by atoms with E-state index in [0.717, 1.165) is 80.3 Å². The number of carbonyl (C=O) groups excluding carboxylic acids is 2. The number of amides is 2. The molecule has 4 heterocycles. The van der Waals surface area contributed by atoms with E-state index in [0.29, 0.717) is 12.4 Å². The number of nitrogens with zero attached hydrogens (tertiary/aromatic N) is 4. The number of hydrogen-bond acceptors (Lipinski definition) is 6. The number of thioether (sulfide) groups is 1. The van der Waals surface area contributed by atoms with E-state index in [2.05, 4.69) is 25.1 Å². The van der Waals surface area contributed by atoms with Gasteiger partial charge >= 0.3 is 0 Å². The summed E-state index contributed by atoms with van der Waals surface area (Å²) < 4.78 is 0. The Kier molecular flexibility index (Phi) is 5.56. The number of nitrogens with one attached hydrogen (secondary N) is 2. The molecule has 0 atom stereocenters. The van der Waals surface area contributed by atoms with Crippen molar-refractivity contribution in [3.63, 3.8) is 0 Å². The van der Waals surface area contributed by atoms with Crippen molar-refractivity contribution in [2.45, 2.75) is 12.8 Å². The van der Waals surface area contributed by atoms with Gasteiger partial charge in [-0.15, -0.1) is 0 Å². The Labute approximate surface area is 180 Å². The van der Waals surface area contributed by atoms with Gasteiger partial charge < -0.3 is 20.1 Å². The largest absolute Gasteiger partial charge is 0.368 e. The average Bonchev–Trinajstić information content (AvgIpc) is 3.52. The minimum absolute atomic E-state index is 0.0683. The smallest absolute Gasteiger partial charge is 0.236 e. The van der Waals surface area contributed by atoms with Gasteiger partial charge in [-0.2, -0.15) is 11.8 Å². The average molecular weight is 429 g/mol. The lowest BCUT2D eigenvalue weighted by molar-refractivity contribution is -0.132. The summed E-state index contributed by atoms with van der Waals surface area (Å²) >= 11 is 1.92. The summed E-state index contributed by atoms with van der Waals surface area (Å²) in [6.45, 7) is 5.67. The fourth-order valence-electron chi connectivity index (χ4n) is 4.17. The Balaban J connectivity index is 1.24. The first-order chi connectivity index (χ1) is 14.7. The molecule has 2 saturated heterocycles. The van der Waals surface area contributed by atoms with E-state index >= 15 is 0 Å². The third kappa shape index (κ3) is 4.27. The number of anilines is 2. The molecule has 2 amide bonds. The maximum absolute atomic E-state index is 12.6. The van der Waals surface area contributed by atoms with E-state index < -0.39 is 0 Å². The van der Waals surface area contributed by atoms with Crippen molar-refractivity contribution in [2.24, 2.45) is 5.92 Å². The van der Waals surface area contributed by atoms with Gasteiger partial charge in [-0.1, -0.05) is 0 Å². The van der Waals surface area contributed by atoms with Crippen molar-refractivity contribution < 1.29 is 9.59 Å². The summed E-state index contributed by atoms with van der Waals surface area (Å²) in [4.78, 5) is 39.1. The van der Waals surface area contributed by atoms with E-state index in [1.165, 1.54) is 0 Å². The van der Waals surface area contributed by atoms with Crippen LogP contribution in [0, 0.1) is 5.92 Å². The van der Waals surface area contributed by atoms with Crippen molar-refractivity contribution in [1.29, 1.82) is 0 Å². The Morgan fingerprint density at radius 3 is 2.63 bits per heavy atom. The number of pyridine rings is 1. The molecule has 1 saturated carbocycles. The van der Waals surface area contributed by atoms with E-state index in [-0.39, 0.29) is 17.7 Å². The predicted molar refractivity (Wildman–Crippen MR) is 120 cm³/mol. The number of rotatable bonds is 5. The molecule has 2 aromatic rings. The van der Waals surface area contributed by atoms with Crippen LogP contribution in [-0.4, -0.2) is 88.9 Å². The molecule has 5 rings (SSSR count). The fraction of sp³-hybridized carbons (Fsp3) is 0.571. The number of H-pyrrole nitrogens is 1. The monoisotopic (exact) mass is 428 g/mol. The second kappa shape index (κ2) is 8.47. The molecule has 0 bridgehead atoms. The Hall–Kier alpha value is -2.26. The first-order valence-corrected chi connectivity index (χ1v) is 11.9. The van der Waals surface area contributed by atoms with Crippen LogP contribution in [0.5, 0.6) is 0 Å². The normalized spacial score (nSPS) is 20.5. The van der Waals surface area contributed by atoms with Gasteiger partial charge in [0, 0.05) is 74.3 Å². The number of aromatic amines is 1. The second-order valence-electron chi connectivity index (χ2n) is 8.29. The van der Waals surface area contributed by atoms with Crippen LogP contribution in [-0.2, 0) is 9.59 Å². The zero-order valence-corrected chi connectivity index (χ0v) is 17.9. The molecule has 0 aromatic carbocycles. The lowest BCUT2D eigenvalue weighted by Crippen LogP contribution is -2.51. The topological polar surface area (TPSA) is 84.6 Å². The van der Waals surface area contributed by atoms with Crippen LogP contribution >= 0.6 is 11.8 Å². The van der Waals surface area contributed by atoms with Crippen LogP contribution in [0.15, 0.2) is 18.3 Å². The standard InChI is InChI=1S/C21H28N6O2S/c28-19(27-9-11-30-12-10-27)14-25-5-7-26(8-6-25)17-13-18(24-21(29)15-1-2-15)23-20-16(17)3-4-22-20/h3-4,13,15H,1-2,5-12,14H2,(H2,22,23,24,29). The highest BCUT2D eigenvalue weighted by Crippen LogP contribution is 2.32. The van der Waals surface area contributed by atoms with Gasteiger partial charge in [0.25, 0.3) is 0 Å². The van der Waals surface area contributed by atoms with Crippen LogP contribution in [0.2, 0.25) is 0 Å². The van der Waals surface area contributed by atoms with Crippen molar-refractivity contribution in [1.82, 2.24) is 19.8 Å². The lowest BCUT2D eigenvalue weighted by atomic mass is 10.2. The van der Waals surface area contributed by atoms with Crippen LogP contribution in [0.25, 0.3) is 11.0 Å². The van der Waals surface area contributed by atoms with Crippen LogP contribution in [0.3, 0.4) is 0 Å². The first kappa shape index (κ1) is 19.7. The molecule has 8 nitrogen and oxygen atoms in total. The maximum Gasteiger partial charge on any atom is 0.236 e.